The maximum Gasteiger partial charge on any atom is 0.418 e. The first-order valence-electron chi connectivity index (χ1n) is 7.77. The van der Waals surface area contributed by atoms with Gasteiger partial charge in [-0.3, -0.25) is 10.1 Å². The third kappa shape index (κ3) is 4.17. The average molecular weight is 450 g/mol. The zero-order valence-electron chi connectivity index (χ0n) is 14.3. The van der Waals surface area contributed by atoms with Crippen molar-refractivity contribution in [3.8, 4) is 5.69 Å². The Morgan fingerprint density at radius 2 is 1.70 bits per heavy atom. The van der Waals surface area contributed by atoms with Gasteiger partial charge in [0, 0.05) is 6.07 Å². The molecule has 0 spiro atoms. The molecule has 3 rings (SSSR count). The molecule has 14 heteroatoms. The summed E-state index contributed by atoms with van der Waals surface area (Å²) >= 11 is 0.368. The summed E-state index contributed by atoms with van der Waals surface area (Å²) in [6, 6.07) is 5.71. The predicted molar refractivity (Wildman–Crippen MR) is 91.4 cm³/mol. The van der Waals surface area contributed by atoms with Gasteiger partial charge in [0.1, 0.15) is 0 Å². The summed E-state index contributed by atoms with van der Waals surface area (Å²) in [6.07, 6.45) is -9.66. The number of halogens is 6. The molecule has 7 nitrogen and oxygen atoms in total. The number of nitrogens with one attached hydrogen (secondary N) is 1. The fourth-order valence-electron chi connectivity index (χ4n) is 2.49. The smallest absolute Gasteiger partial charge is 0.258 e. The van der Waals surface area contributed by atoms with E-state index in [1.165, 1.54) is 6.07 Å². The van der Waals surface area contributed by atoms with Crippen LogP contribution in [0, 0.1) is 10.1 Å². The van der Waals surface area contributed by atoms with E-state index < -0.39 is 50.6 Å². The van der Waals surface area contributed by atoms with Gasteiger partial charge in [-0.05, 0) is 36.0 Å². The number of hydrogen-bond acceptors (Lipinski definition) is 5. The van der Waals surface area contributed by atoms with Gasteiger partial charge in [0.2, 0.25) is 5.16 Å². The number of aromatic amines is 1. The molecular formula is C16H8F6N4O3S. The number of benzene rings is 2. The van der Waals surface area contributed by atoms with Crippen LogP contribution in [0.5, 0.6) is 0 Å². The summed E-state index contributed by atoms with van der Waals surface area (Å²) in [4.78, 5) is 21.9. The zero-order chi connectivity index (χ0) is 22.3. The minimum absolute atomic E-state index is 0.293. The molecule has 2 aromatic carbocycles. The van der Waals surface area contributed by atoms with Crippen LogP contribution in [0.4, 0.5) is 32.0 Å². The van der Waals surface area contributed by atoms with Crippen molar-refractivity contribution >= 4 is 17.4 Å². The molecular weight excluding hydrogens is 442 g/mol. The molecule has 1 heterocycles. The highest BCUT2D eigenvalue weighted by Crippen LogP contribution is 2.40. The van der Waals surface area contributed by atoms with Crippen molar-refractivity contribution in [2.45, 2.75) is 22.4 Å². The fraction of sp³-hybridized carbons (Fsp3) is 0.125. The molecule has 0 aliphatic rings. The molecule has 0 aliphatic heterocycles. The number of hydrogen-bond donors (Lipinski definition) is 1. The predicted octanol–water partition coefficient (Wildman–Crippen LogP) is 4.66. The van der Waals surface area contributed by atoms with Crippen LogP contribution >= 0.6 is 11.8 Å². The van der Waals surface area contributed by atoms with Crippen molar-refractivity contribution in [3.63, 3.8) is 0 Å². The Balaban J connectivity index is 2.13. The number of nitro benzene ring substituents is 1. The van der Waals surface area contributed by atoms with Crippen molar-refractivity contribution in [1.82, 2.24) is 14.8 Å². The van der Waals surface area contributed by atoms with Gasteiger partial charge in [0.15, 0.2) is 0 Å². The van der Waals surface area contributed by atoms with Gasteiger partial charge in [0.05, 0.1) is 26.6 Å². The number of H-pyrrole nitrogens is 1. The third-order valence-electron chi connectivity index (χ3n) is 3.78. The lowest BCUT2D eigenvalue weighted by molar-refractivity contribution is -0.388. The summed E-state index contributed by atoms with van der Waals surface area (Å²) in [5.41, 5.74) is -5.05. The first-order valence-corrected chi connectivity index (χ1v) is 8.58. The van der Waals surface area contributed by atoms with E-state index in [0.717, 1.165) is 24.3 Å². The van der Waals surface area contributed by atoms with E-state index >= 15 is 0 Å². The first-order chi connectivity index (χ1) is 13.9. The second-order valence-electron chi connectivity index (χ2n) is 5.70. The molecule has 0 saturated carbocycles. The number of alkyl halides is 6. The summed E-state index contributed by atoms with van der Waals surface area (Å²) in [5.74, 6) is 0. The Hall–Kier alpha value is -3.29. The Morgan fingerprint density at radius 1 is 1.03 bits per heavy atom. The van der Waals surface area contributed by atoms with Crippen LogP contribution in [-0.4, -0.2) is 19.7 Å². The van der Waals surface area contributed by atoms with E-state index in [9.17, 15) is 41.3 Å². The number of aromatic nitrogens is 3. The van der Waals surface area contributed by atoms with Crippen LogP contribution in [0.15, 0.2) is 57.3 Å². The molecule has 158 valence electrons. The van der Waals surface area contributed by atoms with Gasteiger partial charge < -0.3 is 0 Å². The largest absolute Gasteiger partial charge is 0.418 e. The Kier molecular flexibility index (Phi) is 5.36. The number of nitrogens with zero attached hydrogens (tertiary/aromatic N) is 3. The average Bonchev–Trinajstić information content (AvgIpc) is 3.00. The SMILES string of the molecule is O=c1[nH]nc(Sc2ccc(C(F)(F)F)cc2[N+](=O)[O-])n1-c1ccccc1C(F)(F)F. The molecule has 0 amide bonds. The summed E-state index contributed by atoms with van der Waals surface area (Å²) < 4.78 is 79.0. The quantitative estimate of drug-likeness (QED) is 0.355. The van der Waals surface area contributed by atoms with Crippen molar-refractivity contribution in [3.05, 3.63) is 74.2 Å². The summed E-state index contributed by atoms with van der Waals surface area (Å²) in [7, 11) is 0. The molecule has 0 unspecified atom stereocenters. The summed E-state index contributed by atoms with van der Waals surface area (Å²) in [5, 5.41) is 16.3. The molecule has 1 aromatic heterocycles. The van der Waals surface area contributed by atoms with Crippen molar-refractivity contribution in [2.24, 2.45) is 0 Å². The lowest BCUT2D eigenvalue weighted by Crippen LogP contribution is -2.20. The number of rotatable bonds is 4. The number of nitro groups is 1. The maximum atomic E-state index is 13.3. The van der Waals surface area contributed by atoms with Crippen LogP contribution in [-0.2, 0) is 12.4 Å². The first kappa shape index (κ1) is 21.4. The van der Waals surface area contributed by atoms with Gasteiger partial charge in [-0.1, -0.05) is 12.1 Å². The van der Waals surface area contributed by atoms with Gasteiger partial charge in [-0.25, -0.2) is 14.5 Å². The van der Waals surface area contributed by atoms with Crippen molar-refractivity contribution < 1.29 is 31.3 Å². The standard InChI is InChI=1S/C16H8F6N4O3S/c17-15(18,19)8-5-6-12(11(7-8)26(28)29)30-14-24-23-13(27)25(14)10-4-2-1-3-9(10)16(20,21)22/h1-7H,(H,23,27). The highest BCUT2D eigenvalue weighted by Gasteiger charge is 2.36. The number of para-hydroxylation sites is 1. The van der Waals surface area contributed by atoms with Crippen molar-refractivity contribution in [1.29, 1.82) is 0 Å². The molecule has 30 heavy (non-hydrogen) atoms. The van der Waals surface area contributed by atoms with E-state index in [0.29, 0.717) is 28.5 Å². The molecule has 0 fully saturated rings. The van der Waals surface area contributed by atoms with E-state index in [1.807, 2.05) is 5.10 Å². The highest BCUT2D eigenvalue weighted by atomic mass is 32.2. The molecule has 1 N–H and O–H groups in total. The second-order valence-corrected chi connectivity index (χ2v) is 6.71. The Morgan fingerprint density at radius 3 is 2.30 bits per heavy atom. The van der Waals surface area contributed by atoms with Gasteiger partial charge in [0.25, 0.3) is 5.69 Å². The van der Waals surface area contributed by atoms with Crippen molar-refractivity contribution in [2.75, 3.05) is 0 Å². The molecule has 0 bridgehead atoms. The molecule has 0 atom stereocenters. The fourth-order valence-corrected chi connectivity index (χ4v) is 3.43. The minimum Gasteiger partial charge on any atom is -0.258 e. The van der Waals surface area contributed by atoms with E-state index in [2.05, 4.69) is 5.10 Å². The van der Waals surface area contributed by atoms with Crippen LogP contribution in [0.1, 0.15) is 11.1 Å². The molecule has 0 saturated heterocycles. The van der Waals surface area contributed by atoms with Gasteiger partial charge >= 0.3 is 18.0 Å². The maximum absolute atomic E-state index is 13.3. The lowest BCUT2D eigenvalue weighted by atomic mass is 10.1. The Bertz CT molecular complexity index is 1170. The van der Waals surface area contributed by atoms with E-state index in [-0.39, 0.29) is 4.90 Å². The second kappa shape index (κ2) is 7.51. The van der Waals surface area contributed by atoms with Crippen LogP contribution < -0.4 is 5.69 Å². The molecule has 0 radical (unpaired) electrons. The van der Waals surface area contributed by atoms with Gasteiger partial charge in [-0.15, -0.1) is 5.10 Å². The normalized spacial score (nSPS) is 12.2. The van der Waals surface area contributed by atoms with Crippen LogP contribution in [0.2, 0.25) is 0 Å². The molecule has 0 aliphatic carbocycles. The highest BCUT2D eigenvalue weighted by molar-refractivity contribution is 7.99. The molecule has 3 aromatic rings. The summed E-state index contributed by atoms with van der Waals surface area (Å²) in [6.45, 7) is 0. The lowest BCUT2D eigenvalue weighted by Gasteiger charge is -2.14. The van der Waals surface area contributed by atoms with Gasteiger partial charge in [-0.2, -0.15) is 26.3 Å². The van der Waals surface area contributed by atoms with E-state index in [1.54, 1.807) is 0 Å². The topological polar surface area (TPSA) is 93.8 Å². The minimum atomic E-state index is -4.84. The van der Waals surface area contributed by atoms with Crippen LogP contribution in [0.25, 0.3) is 5.69 Å². The zero-order valence-corrected chi connectivity index (χ0v) is 15.1. The van der Waals surface area contributed by atoms with E-state index in [4.69, 9.17) is 0 Å². The monoisotopic (exact) mass is 450 g/mol. The van der Waals surface area contributed by atoms with Crippen LogP contribution in [0.3, 0.4) is 0 Å². The third-order valence-corrected chi connectivity index (χ3v) is 4.80. The Labute approximate surface area is 166 Å².